The molecular formula is C12H9Cl2NO2. The van der Waals surface area contributed by atoms with Crippen LogP contribution in [0.5, 0.6) is 5.75 Å². The second-order valence-corrected chi connectivity index (χ2v) is 4.37. The molecule has 1 heterocycles. The van der Waals surface area contributed by atoms with E-state index in [4.69, 9.17) is 27.7 Å². The average molecular weight is 270 g/mol. The van der Waals surface area contributed by atoms with Crippen molar-refractivity contribution in [2.45, 2.75) is 6.92 Å². The molecule has 2 aromatic rings. The standard InChI is InChI=1S/C12H9Cl2NO2/c1-7-4-10(17-15-7)3-2-8-5-9(13)6-11(14)12(8)16/h2-6,16H,1H3. The molecule has 5 heteroatoms. The first-order chi connectivity index (χ1) is 8.06. The van der Waals surface area contributed by atoms with Crippen LogP contribution in [0.2, 0.25) is 10.0 Å². The second-order valence-electron chi connectivity index (χ2n) is 3.53. The maximum absolute atomic E-state index is 9.72. The lowest BCUT2D eigenvalue weighted by molar-refractivity contribution is 0.408. The highest BCUT2D eigenvalue weighted by Crippen LogP contribution is 2.32. The first-order valence-corrected chi connectivity index (χ1v) is 5.61. The molecular weight excluding hydrogens is 261 g/mol. The highest BCUT2D eigenvalue weighted by Gasteiger charge is 2.05. The predicted molar refractivity (Wildman–Crippen MR) is 68.3 cm³/mol. The summed E-state index contributed by atoms with van der Waals surface area (Å²) < 4.78 is 5.00. The second kappa shape index (κ2) is 4.82. The maximum atomic E-state index is 9.72. The quantitative estimate of drug-likeness (QED) is 0.890. The van der Waals surface area contributed by atoms with Crippen molar-refractivity contribution in [3.63, 3.8) is 0 Å². The molecule has 0 aliphatic rings. The third-order valence-electron chi connectivity index (χ3n) is 2.13. The zero-order valence-electron chi connectivity index (χ0n) is 8.95. The van der Waals surface area contributed by atoms with Crippen LogP contribution >= 0.6 is 23.2 Å². The van der Waals surface area contributed by atoms with Gasteiger partial charge in [0.15, 0.2) is 5.76 Å². The Balaban J connectivity index is 2.33. The maximum Gasteiger partial charge on any atom is 0.159 e. The number of phenolic OH excluding ortho intramolecular Hbond substituents is 1. The van der Waals surface area contributed by atoms with Crippen molar-refractivity contribution in [2.75, 3.05) is 0 Å². The molecule has 0 spiro atoms. The fourth-order valence-electron chi connectivity index (χ4n) is 1.35. The van der Waals surface area contributed by atoms with Crippen LogP contribution in [0.3, 0.4) is 0 Å². The van der Waals surface area contributed by atoms with E-state index in [9.17, 15) is 5.11 Å². The van der Waals surface area contributed by atoms with Gasteiger partial charge in [0.25, 0.3) is 0 Å². The number of benzene rings is 1. The summed E-state index contributed by atoms with van der Waals surface area (Å²) in [6.45, 7) is 1.83. The molecule has 1 aromatic carbocycles. The van der Waals surface area contributed by atoms with Gasteiger partial charge in [0.05, 0.1) is 10.7 Å². The van der Waals surface area contributed by atoms with Gasteiger partial charge in [-0.05, 0) is 31.2 Å². The van der Waals surface area contributed by atoms with Crippen molar-refractivity contribution >= 4 is 35.4 Å². The minimum absolute atomic E-state index is 0.0106. The fraction of sp³-hybridized carbons (Fsp3) is 0.0833. The number of aryl methyl sites for hydroxylation is 1. The van der Waals surface area contributed by atoms with E-state index in [2.05, 4.69) is 5.16 Å². The summed E-state index contributed by atoms with van der Waals surface area (Å²) >= 11 is 11.6. The van der Waals surface area contributed by atoms with E-state index >= 15 is 0 Å². The molecule has 0 atom stereocenters. The molecule has 0 unspecified atom stereocenters. The smallest absolute Gasteiger partial charge is 0.159 e. The number of aromatic nitrogens is 1. The van der Waals surface area contributed by atoms with E-state index in [-0.39, 0.29) is 10.8 Å². The number of phenols is 1. The van der Waals surface area contributed by atoms with E-state index < -0.39 is 0 Å². The van der Waals surface area contributed by atoms with E-state index in [1.807, 2.05) is 6.92 Å². The minimum atomic E-state index is -0.0106. The monoisotopic (exact) mass is 269 g/mol. The minimum Gasteiger partial charge on any atom is -0.506 e. The van der Waals surface area contributed by atoms with Crippen LogP contribution in [0.1, 0.15) is 17.0 Å². The first kappa shape index (κ1) is 12.0. The highest BCUT2D eigenvalue weighted by molar-refractivity contribution is 6.35. The Morgan fingerprint density at radius 1 is 1.24 bits per heavy atom. The molecule has 3 nitrogen and oxygen atoms in total. The lowest BCUT2D eigenvalue weighted by atomic mass is 10.2. The van der Waals surface area contributed by atoms with Gasteiger partial charge in [-0.2, -0.15) is 0 Å². The first-order valence-electron chi connectivity index (χ1n) is 4.85. The lowest BCUT2D eigenvalue weighted by Crippen LogP contribution is -1.77. The Morgan fingerprint density at radius 3 is 2.65 bits per heavy atom. The summed E-state index contributed by atoms with van der Waals surface area (Å²) in [5.41, 5.74) is 1.31. The average Bonchev–Trinajstić information content (AvgIpc) is 2.67. The van der Waals surface area contributed by atoms with Gasteiger partial charge in [0.1, 0.15) is 5.75 Å². The Morgan fingerprint density at radius 2 is 2.00 bits per heavy atom. The van der Waals surface area contributed by atoms with Gasteiger partial charge in [-0.1, -0.05) is 28.4 Å². The summed E-state index contributed by atoms with van der Waals surface area (Å²) in [6, 6.07) is 4.87. The van der Waals surface area contributed by atoms with Gasteiger partial charge in [0, 0.05) is 16.7 Å². The third-order valence-corrected chi connectivity index (χ3v) is 2.64. The third kappa shape index (κ3) is 2.81. The molecule has 88 valence electrons. The zero-order valence-corrected chi connectivity index (χ0v) is 10.5. The highest BCUT2D eigenvalue weighted by atomic mass is 35.5. The SMILES string of the molecule is Cc1cc(C=Cc2cc(Cl)cc(Cl)c2O)on1. The normalized spacial score (nSPS) is 11.2. The van der Waals surface area contributed by atoms with Crippen molar-refractivity contribution in [2.24, 2.45) is 0 Å². The fourth-order valence-corrected chi connectivity index (χ4v) is 1.86. The molecule has 1 N–H and O–H groups in total. The van der Waals surface area contributed by atoms with Crippen molar-refractivity contribution in [3.05, 3.63) is 45.3 Å². The van der Waals surface area contributed by atoms with Gasteiger partial charge in [-0.15, -0.1) is 0 Å². The number of rotatable bonds is 2. The van der Waals surface area contributed by atoms with Crippen molar-refractivity contribution < 1.29 is 9.63 Å². The zero-order chi connectivity index (χ0) is 12.4. The van der Waals surface area contributed by atoms with Gasteiger partial charge in [0.2, 0.25) is 0 Å². The number of halogens is 2. The van der Waals surface area contributed by atoms with E-state index in [1.54, 1.807) is 24.3 Å². The van der Waals surface area contributed by atoms with Gasteiger partial charge in [-0.3, -0.25) is 0 Å². The van der Waals surface area contributed by atoms with Crippen LogP contribution in [0.25, 0.3) is 12.2 Å². The molecule has 17 heavy (non-hydrogen) atoms. The molecule has 0 amide bonds. The van der Waals surface area contributed by atoms with Crippen molar-refractivity contribution in [3.8, 4) is 5.75 Å². The molecule has 0 aliphatic heterocycles. The predicted octanol–water partition coefficient (Wildman–Crippen LogP) is 4.17. The van der Waals surface area contributed by atoms with Crippen LogP contribution < -0.4 is 0 Å². The van der Waals surface area contributed by atoms with Gasteiger partial charge < -0.3 is 9.63 Å². The van der Waals surface area contributed by atoms with Crippen LogP contribution in [-0.2, 0) is 0 Å². The van der Waals surface area contributed by atoms with Crippen LogP contribution in [0, 0.1) is 6.92 Å². The Kier molecular flexibility index (Phi) is 3.41. The topological polar surface area (TPSA) is 46.3 Å². The van der Waals surface area contributed by atoms with Crippen molar-refractivity contribution in [1.29, 1.82) is 0 Å². The van der Waals surface area contributed by atoms with Gasteiger partial charge in [-0.25, -0.2) is 0 Å². The summed E-state index contributed by atoms with van der Waals surface area (Å²) in [7, 11) is 0. The molecule has 0 saturated heterocycles. The summed E-state index contributed by atoms with van der Waals surface area (Å²) in [4.78, 5) is 0. The summed E-state index contributed by atoms with van der Waals surface area (Å²) in [6.07, 6.45) is 3.34. The number of hydrogen-bond donors (Lipinski definition) is 1. The van der Waals surface area contributed by atoms with E-state index in [0.29, 0.717) is 16.3 Å². The molecule has 0 aliphatic carbocycles. The molecule has 0 fully saturated rings. The Bertz CT molecular complexity index is 576. The number of aromatic hydroxyl groups is 1. The van der Waals surface area contributed by atoms with Crippen LogP contribution in [0.4, 0.5) is 0 Å². The molecule has 0 radical (unpaired) electrons. The summed E-state index contributed by atoms with van der Waals surface area (Å²) in [5.74, 6) is 0.585. The summed E-state index contributed by atoms with van der Waals surface area (Å²) in [5, 5.41) is 14.1. The molecule has 1 aromatic heterocycles. The Hall–Kier alpha value is -1.45. The van der Waals surface area contributed by atoms with Crippen LogP contribution in [0.15, 0.2) is 22.7 Å². The number of hydrogen-bond acceptors (Lipinski definition) is 3. The Labute approximate surface area is 108 Å². The number of nitrogens with zero attached hydrogens (tertiary/aromatic N) is 1. The van der Waals surface area contributed by atoms with Gasteiger partial charge >= 0.3 is 0 Å². The molecule has 2 rings (SSSR count). The van der Waals surface area contributed by atoms with E-state index in [1.165, 1.54) is 6.07 Å². The molecule has 0 saturated carbocycles. The van der Waals surface area contributed by atoms with Crippen molar-refractivity contribution in [1.82, 2.24) is 5.16 Å². The lowest BCUT2D eigenvalue weighted by Gasteiger charge is -2.02. The van der Waals surface area contributed by atoms with E-state index in [0.717, 1.165) is 5.69 Å². The largest absolute Gasteiger partial charge is 0.506 e. The van der Waals surface area contributed by atoms with Crippen LogP contribution in [-0.4, -0.2) is 10.3 Å². The molecule has 0 bridgehead atoms.